The zero-order valence-electron chi connectivity index (χ0n) is 10.2. The monoisotopic (exact) mass is 290 g/mol. The van der Waals surface area contributed by atoms with Crippen molar-refractivity contribution in [1.29, 1.82) is 0 Å². The number of para-hydroxylation sites is 2. The summed E-state index contributed by atoms with van der Waals surface area (Å²) in [6.45, 7) is 0.240. The molecule has 8 heteroatoms. The van der Waals surface area contributed by atoms with Crippen molar-refractivity contribution in [2.75, 3.05) is 0 Å². The van der Waals surface area contributed by atoms with Gasteiger partial charge in [-0.05, 0) is 12.1 Å². The van der Waals surface area contributed by atoms with E-state index < -0.39 is 11.7 Å². The standard InChI is InChI=1S/C12H10N4O3S/c13-15-10(17)11-14-7(6-20-11)5-16-8-3-1-2-4-9(8)19-12(16)18/h1-4,6H,5,13H2,(H,15,17). The van der Waals surface area contributed by atoms with Crippen LogP contribution in [0.4, 0.5) is 0 Å². The average Bonchev–Trinajstić information content (AvgIpc) is 3.04. The fourth-order valence-electron chi connectivity index (χ4n) is 1.87. The molecule has 0 spiro atoms. The molecule has 0 fully saturated rings. The van der Waals surface area contributed by atoms with E-state index in [2.05, 4.69) is 4.98 Å². The number of nitrogens with two attached hydrogens (primary N) is 1. The minimum atomic E-state index is -0.455. The molecule has 1 amide bonds. The van der Waals surface area contributed by atoms with Crippen molar-refractivity contribution in [2.24, 2.45) is 5.84 Å². The number of aromatic nitrogens is 2. The maximum atomic E-state index is 11.8. The second-order valence-electron chi connectivity index (χ2n) is 4.04. The molecule has 0 aliphatic heterocycles. The number of hydrogen-bond acceptors (Lipinski definition) is 6. The first kappa shape index (κ1) is 12.6. The predicted molar refractivity (Wildman–Crippen MR) is 73.3 cm³/mol. The number of carbonyl (C=O) groups excluding carboxylic acids is 1. The van der Waals surface area contributed by atoms with Crippen LogP contribution in [0.3, 0.4) is 0 Å². The van der Waals surface area contributed by atoms with Crippen LogP contribution in [0.1, 0.15) is 15.5 Å². The molecule has 0 atom stereocenters. The minimum Gasteiger partial charge on any atom is -0.408 e. The summed E-state index contributed by atoms with van der Waals surface area (Å²) in [6.07, 6.45) is 0. The second-order valence-corrected chi connectivity index (χ2v) is 4.90. The predicted octanol–water partition coefficient (Wildman–Crippen LogP) is 0.703. The molecule has 3 aromatic rings. The van der Waals surface area contributed by atoms with Crippen LogP contribution < -0.4 is 17.0 Å². The van der Waals surface area contributed by atoms with Crippen LogP contribution in [0.15, 0.2) is 38.9 Å². The number of hydrazine groups is 1. The van der Waals surface area contributed by atoms with Gasteiger partial charge in [-0.15, -0.1) is 11.3 Å². The number of amides is 1. The van der Waals surface area contributed by atoms with Crippen molar-refractivity contribution in [2.45, 2.75) is 6.54 Å². The number of nitrogen functional groups attached to an aromatic ring is 1. The van der Waals surface area contributed by atoms with Crippen molar-refractivity contribution in [1.82, 2.24) is 15.0 Å². The van der Waals surface area contributed by atoms with Gasteiger partial charge in [0.15, 0.2) is 10.6 Å². The Balaban J connectivity index is 1.97. The summed E-state index contributed by atoms with van der Waals surface area (Å²) in [5.74, 6) is 4.14. The summed E-state index contributed by atoms with van der Waals surface area (Å²) in [5.41, 5.74) is 3.83. The second kappa shape index (κ2) is 4.91. The Labute approximate surface area is 116 Å². The van der Waals surface area contributed by atoms with Gasteiger partial charge in [-0.3, -0.25) is 14.8 Å². The number of oxazole rings is 1. The molecule has 2 aromatic heterocycles. The van der Waals surface area contributed by atoms with Gasteiger partial charge in [-0.1, -0.05) is 12.1 Å². The maximum absolute atomic E-state index is 11.8. The molecule has 2 heterocycles. The number of nitrogens with one attached hydrogen (secondary N) is 1. The van der Waals surface area contributed by atoms with Gasteiger partial charge in [-0.25, -0.2) is 15.6 Å². The first-order chi connectivity index (χ1) is 9.69. The number of fused-ring (bicyclic) bond motifs is 1. The molecule has 0 aliphatic rings. The van der Waals surface area contributed by atoms with Crippen LogP contribution in [0.5, 0.6) is 0 Å². The van der Waals surface area contributed by atoms with Gasteiger partial charge in [0.25, 0.3) is 5.91 Å². The largest absolute Gasteiger partial charge is 0.420 e. The van der Waals surface area contributed by atoms with Crippen LogP contribution >= 0.6 is 11.3 Å². The van der Waals surface area contributed by atoms with E-state index in [1.807, 2.05) is 11.5 Å². The van der Waals surface area contributed by atoms with Gasteiger partial charge < -0.3 is 4.42 Å². The third kappa shape index (κ3) is 2.10. The topological polar surface area (TPSA) is 103 Å². The van der Waals surface area contributed by atoms with Gasteiger partial charge in [0, 0.05) is 5.38 Å². The summed E-state index contributed by atoms with van der Waals surface area (Å²) in [6, 6.07) is 7.13. The van der Waals surface area contributed by atoms with Crippen molar-refractivity contribution < 1.29 is 9.21 Å². The molecule has 0 unspecified atom stereocenters. The Morgan fingerprint density at radius 3 is 3.05 bits per heavy atom. The van der Waals surface area contributed by atoms with Gasteiger partial charge >= 0.3 is 5.76 Å². The fourth-order valence-corrected chi connectivity index (χ4v) is 2.58. The first-order valence-corrected chi connectivity index (χ1v) is 6.60. The van der Waals surface area contributed by atoms with Crippen LogP contribution in [-0.4, -0.2) is 15.5 Å². The number of thiazole rings is 1. The zero-order valence-corrected chi connectivity index (χ0v) is 11.0. The Morgan fingerprint density at radius 2 is 2.25 bits per heavy atom. The molecular weight excluding hydrogens is 280 g/mol. The maximum Gasteiger partial charge on any atom is 0.420 e. The number of nitrogens with zero attached hydrogens (tertiary/aromatic N) is 2. The fraction of sp³-hybridized carbons (Fsp3) is 0.0833. The van der Waals surface area contributed by atoms with Gasteiger partial charge in [0.2, 0.25) is 0 Å². The van der Waals surface area contributed by atoms with Crippen LogP contribution in [0.2, 0.25) is 0 Å². The molecule has 0 radical (unpaired) electrons. The lowest BCUT2D eigenvalue weighted by molar-refractivity contribution is 0.0953. The van der Waals surface area contributed by atoms with E-state index in [-0.39, 0.29) is 11.6 Å². The number of carbonyl (C=O) groups is 1. The Hall–Kier alpha value is -2.45. The van der Waals surface area contributed by atoms with Gasteiger partial charge in [0.05, 0.1) is 17.8 Å². The molecule has 102 valence electrons. The van der Waals surface area contributed by atoms with E-state index in [0.717, 1.165) is 0 Å². The van der Waals surface area contributed by atoms with Crippen LogP contribution in [0, 0.1) is 0 Å². The van der Waals surface area contributed by atoms with Crippen molar-refractivity contribution in [3.63, 3.8) is 0 Å². The van der Waals surface area contributed by atoms with E-state index >= 15 is 0 Å². The molecule has 0 saturated carbocycles. The van der Waals surface area contributed by atoms with Crippen molar-refractivity contribution in [3.8, 4) is 0 Å². The lowest BCUT2D eigenvalue weighted by atomic mass is 10.3. The van der Waals surface area contributed by atoms with E-state index in [0.29, 0.717) is 16.8 Å². The van der Waals surface area contributed by atoms with Crippen molar-refractivity contribution >= 4 is 28.3 Å². The summed E-state index contributed by atoms with van der Waals surface area (Å²) >= 11 is 1.17. The third-order valence-corrected chi connectivity index (χ3v) is 3.66. The normalized spacial score (nSPS) is 10.8. The summed E-state index contributed by atoms with van der Waals surface area (Å²) in [4.78, 5) is 27.3. The number of rotatable bonds is 3. The highest BCUT2D eigenvalue weighted by Gasteiger charge is 2.13. The highest BCUT2D eigenvalue weighted by atomic mass is 32.1. The molecule has 0 bridgehead atoms. The highest BCUT2D eigenvalue weighted by molar-refractivity contribution is 7.11. The molecule has 0 saturated heterocycles. The molecule has 7 nitrogen and oxygen atoms in total. The summed E-state index contributed by atoms with van der Waals surface area (Å²) in [5, 5.41) is 1.96. The molecule has 3 N–H and O–H groups in total. The lowest BCUT2D eigenvalue weighted by Gasteiger charge is -1.98. The minimum absolute atomic E-state index is 0.240. The molecular formula is C12H10N4O3S. The smallest absolute Gasteiger partial charge is 0.408 e. The first-order valence-electron chi connectivity index (χ1n) is 5.73. The quantitative estimate of drug-likeness (QED) is 0.420. The van der Waals surface area contributed by atoms with Gasteiger partial charge in [0.1, 0.15) is 0 Å². The SMILES string of the molecule is NNC(=O)c1nc(Cn2c(=O)oc3ccccc32)cs1. The highest BCUT2D eigenvalue weighted by Crippen LogP contribution is 2.15. The van der Waals surface area contributed by atoms with Crippen molar-refractivity contribution in [3.05, 3.63) is 50.9 Å². The summed E-state index contributed by atoms with van der Waals surface area (Å²) < 4.78 is 6.60. The van der Waals surface area contributed by atoms with E-state index in [1.54, 1.807) is 23.6 Å². The Kier molecular flexibility index (Phi) is 3.09. The molecule has 0 aliphatic carbocycles. The lowest BCUT2D eigenvalue weighted by Crippen LogP contribution is -2.29. The number of benzene rings is 1. The molecule has 1 aromatic carbocycles. The van der Waals surface area contributed by atoms with E-state index in [4.69, 9.17) is 10.3 Å². The average molecular weight is 290 g/mol. The van der Waals surface area contributed by atoms with E-state index in [1.165, 1.54) is 15.9 Å². The van der Waals surface area contributed by atoms with Crippen LogP contribution in [0.25, 0.3) is 11.1 Å². The summed E-state index contributed by atoms with van der Waals surface area (Å²) in [7, 11) is 0. The zero-order chi connectivity index (χ0) is 14.1. The molecule has 20 heavy (non-hydrogen) atoms. The molecule has 3 rings (SSSR count). The van der Waals surface area contributed by atoms with Gasteiger partial charge in [-0.2, -0.15) is 0 Å². The number of hydrogen-bond donors (Lipinski definition) is 2. The Morgan fingerprint density at radius 1 is 1.45 bits per heavy atom. The Bertz CT molecular complexity index is 832. The van der Waals surface area contributed by atoms with E-state index in [9.17, 15) is 9.59 Å². The third-order valence-electron chi connectivity index (χ3n) is 2.77. The van der Waals surface area contributed by atoms with Crippen LogP contribution in [-0.2, 0) is 6.54 Å².